The fourth-order valence-corrected chi connectivity index (χ4v) is 4.60. The van der Waals surface area contributed by atoms with Gasteiger partial charge in [0.2, 0.25) is 17.7 Å². The van der Waals surface area contributed by atoms with Crippen molar-refractivity contribution in [2.45, 2.75) is 63.5 Å². The van der Waals surface area contributed by atoms with Crippen molar-refractivity contribution in [3.05, 3.63) is 41.2 Å². The van der Waals surface area contributed by atoms with Crippen molar-refractivity contribution in [1.82, 2.24) is 20.5 Å². The Balaban J connectivity index is 1.61. The highest BCUT2D eigenvalue weighted by Gasteiger charge is 2.55. The number of methoxy groups -OCH3 is 1. The van der Waals surface area contributed by atoms with E-state index in [-0.39, 0.29) is 43.1 Å². The first kappa shape index (κ1) is 21.0. The molecule has 0 spiro atoms. The van der Waals surface area contributed by atoms with Gasteiger partial charge in [-0.25, -0.2) is 4.63 Å². The normalized spacial score (nSPS) is 21.7. The molecule has 2 aromatic rings. The van der Waals surface area contributed by atoms with Crippen LogP contribution in [0.5, 0.6) is 5.75 Å². The van der Waals surface area contributed by atoms with E-state index in [0.29, 0.717) is 22.7 Å². The summed E-state index contributed by atoms with van der Waals surface area (Å²) in [5, 5.41) is 10.2. The molecule has 2 fully saturated rings. The van der Waals surface area contributed by atoms with Gasteiger partial charge < -0.3 is 10.1 Å². The van der Waals surface area contributed by atoms with Crippen molar-refractivity contribution in [3.63, 3.8) is 0 Å². The topological polar surface area (TPSA) is 115 Å². The summed E-state index contributed by atoms with van der Waals surface area (Å²) in [5.41, 5.74) is 0.521. The number of hydrogen-bond donors (Lipinski definition) is 1. The maximum Gasteiger partial charge on any atom is 0.241 e. The van der Waals surface area contributed by atoms with Crippen LogP contribution in [0.25, 0.3) is 0 Å². The van der Waals surface area contributed by atoms with Crippen LogP contribution < -0.4 is 10.1 Å². The standard InChI is InChI=1S/C22H26N4O5/c1-14-18(25-31-24-14)13-23-19(27)11-22(15-7-9-17(30-2)10-8-15)12-20(28)26(21(22)29)16-5-3-4-6-16/h7-10,16H,3-6,11-13H2,1-2H3,(H,23,27). The number of ether oxygens (including phenoxy) is 1. The third-order valence-electron chi connectivity index (χ3n) is 6.34. The minimum Gasteiger partial charge on any atom is -0.497 e. The molecule has 1 aliphatic carbocycles. The maximum atomic E-state index is 13.7. The second kappa shape index (κ2) is 8.49. The Morgan fingerprint density at radius 1 is 1.23 bits per heavy atom. The molecule has 1 N–H and O–H groups in total. The minimum absolute atomic E-state index is 0.0212. The van der Waals surface area contributed by atoms with Gasteiger partial charge in [0.1, 0.15) is 17.1 Å². The van der Waals surface area contributed by atoms with E-state index in [4.69, 9.17) is 4.74 Å². The highest BCUT2D eigenvalue weighted by Crippen LogP contribution is 2.43. The summed E-state index contributed by atoms with van der Waals surface area (Å²) in [7, 11) is 1.56. The molecule has 2 aliphatic rings. The molecule has 31 heavy (non-hydrogen) atoms. The molecule has 1 saturated carbocycles. The molecule has 3 amide bonds. The number of imide groups is 1. The van der Waals surface area contributed by atoms with E-state index >= 15 is 0 Å². The molecule has 9 heteroatoms. The number of nitrogens with one attached hydrogen (secondary N) is 1. The maximum absolute atomic E-state index is 13.7. The average molecular weight is 426 g/mol. The molecule has 1 aromatic heterocycles. The van der Waals surface area contributed by atoms with E-state index in [1.54, 1.807) is 38.3 Å². The van der Waals surface area contributed by atoms with Crippen molar-refractivity contribution >= 4 is 17.7 Å². The molecule has 2 heterocycles. The Hall–Kier alpha value is -3.23. The summed E-state index contributed by atoms with van der Waals surface area (Å²) in [6, 6.07) is 6.94. The van der Waals surface area contributed by atoms with Crippen LogP contribution in [0.15, 0.2) is 28.9 Å². The molecule has 9 nitrogen and oxygen atoms in total. The second-order valence-electron chi connectivity index (χ2n) is 8.24. The van der Waals surface area contributed by atoms with Crippen LogP contribution in [0.1, 0.15) is 55.5 Å². The number of aromatic nitrogens is 2. The summed E-state index contributed by atoms with van der Waals surface area (Å²) < 4.78 is 9.88. The van der Waals surface area contributed by atoms with Crippen LogP contribution in [0, 0.1) is 6.92 Å². The molecule has 1 unspecified atom stereocenters. The number of aryl methyl sites for hydroxylation is 1. The SMILES string of the molecule is COc1ccc(C2(CC(=O)NCc3nonc3C)CC(=O)N(C3CCCC3)C2=O)cc1. The van der Waals surface area contributed by atoms with Crippen molar-refractivity contribution in [3.8, 4) is 5.75 Å². The van der Waals surface area contributed by atoms with E-state index in [9.17, 15) is 14.4 Å². The summed E-state index contributed by atoms with van der Waals surface area (Å²) in [6.45, 7) is 1.87. The Kier molecular flexibility index (Phi) is 5.75. The number of amides is 3. The number of carbonyl (C=O) groups excluding carboxylic acids is 3. The number of nitrogens with zero attached hydrogens (tertiary/aromatic N) is 3. The third kappa shape index (κ3) is 3.92. The van der Waals surface area contributed by atoms with Gasteiger partial charge in [-0.15, -0.1) is 0 Å². The molecule has 164 valence electrons. The minimum atomic E-state index is -1.23. The predicted molar refractivity (Wildman–Crippen MR) is 109 cm³/mol. The van der Waals surface area contributed by atoms with Crippen LogP contribution in [-0.2, 0) is 26.3 Å². The van der Waals surface area contributed by atoms with E-state index in [1.807, 2.05) is 0 Å². The van der Waals surface area contributed by atoms with Crippen LogP contribution in [0.2, 0.25) is 0 Å². The van der Waals surface area contributed by atoms with Crippen LogP contribution >= 0.6 is 0 Å². The molecule has 4 rings (SSSR count). The second-order valence-corrected chi connectivity index (χ2v) is 8.24. The van der Waals surface area contributed by atoms with E-state index in [2.05, 4.69) is 20.3 Å². The van der Waals surface area contributed by atoms with Gasteiger partial charge >= 0.3 is 0 Å². The summed E-state index contributed by atoms with van der Waals surface area (Å²) in [4.78, 5) is 40.9. The zero-order chi connectivity index (χ0) is 22.0. The molecule has 1 atom stereocenters. The Morgan fingerprint density at radius 3 is 2.55 bits per heavy atom. The first-order chi connectivity index (χ1) is 14.9. The van der Waals surface area contributed by atoms with Crippen molar-refractivity contribution in [2.75, 3.05) is 7.11 Å². The molecule has 1 saturated heterocycles. The van der Waals surface area contributed by atoms with Crippen molar-refractivity contribution in [1.29, 1.82) is 0 Å². The Bertz CT molecular complexity index is 980. The summed E-state index contributed by atoms with van der Waals surface area (Å²) >= 11 is 0. The lowest BCUT2D eigenvalue weighted by Gasteiger charge is -2.29. The molecular weight excluding hydrogens is 400 g/mol. The zero-order valence-corrected chi connectivity index (χ0v) is 17.7. The van der Waals surface area contributed by atoms with Gasteiger partial charge in [0.25, 0.3) is 0 Å². The number of benzene rings is 1. The van der Waals surface area contributed by atoms with Crippen molar-refractivity contribution < 1.29 is 23.7 Å². The monoisotopic (exact) mass is 426 g/mol. The largest absolute Gasteiger partial charge is 0.497 e. The molecule has 1 aliphatic heterocycles. The van der Waals surface area contributed by atoms with E-state index in [0.717, 1.165) is 25.7 Å². The van der Waals surface area contributed by atoms with Gasteiger partial charge in [-0.2, -0.15) is 0 Å². The van der Waals surface area contributed by atoms with Gasteiger partial charge in [0, 0.05) is 18.9 Å². The molecule has 0 radical (unpaired) electrons. The first-order valence-corrected chi connectivity index (χ1v) is 10.5. The fraction of sp³-hybridized carbons (Fsp3) is 0.500. The summed E-state index contributed by atoms with van der Waals surface area (Å²) in [5.74, 6) is -0.199. The number of rotatable bonds is 7. The van der Waals surface area contributed by atoms with Gasteiger partial charge in [-0.05, 0) is 37.5 Å². The smallest absolute Gasteiger partial charge is 0.241 e. The average Bonchev–Trinajstić information content (AvgIpc) is 3.48. The number of likely N-dealkylation sites (tertiary alicyclic amines) is 1. The Morgan fingerprint density at radius 2 is 1.94 bits per heavy atom. The highest BCUT2D eigenvalue weighted by atomic mass is 16.6. The van der Waals surface area contributed by atoms with E-state index in [1.165, 1.54) is 4.90 Å². The van der Waals surface area contributed by atoms with Crippen LogP contribution in [0.3, 0.4) is 0 Å². The van der Waals surface area contributed by atoms with Gasteiger partial charge in [0.05, 0.1) is 19.1 Å². The molecule has 0 bridgehead atoms. The quantitative estimate of drug-likeness (QED) is 0.674. The van der Waals surface area contributed by atoms with Gasteiger partial charge in [-0.3, -0.25) is 19.3 Å². The lowest BCUT2D eigenvalue weighted by atomic mass is 9.75. The van der Waals surface area contributed by atoms with Crippen molar-refractivity contribution in [2.24, 2.45) is 0 Å². The number of carbonyl (C=O) groups is 3. The number of hydrogen-bond acceptors (Lipinski definition) is 7. The lowest BCUT2D eigenvalue weighted by molar-refractivity contribution is -0.143. The zero-order valence-electron chi connectivity index (χ0n) is 17.7. The first-order valence-electron chi connectivity index (χ1n) is 10.5. The van der Waals surface area contributed by atoms with Crippen LogP contribution in [-0.4, -0.2) is 46.1 Å². The lowest BCUT2D eigenvalue weighted by Crippen LogP contribution is -2.45. The summed E-state index contributed by atoms with van der Waals surface area (Å²) in [6.07, 6.45) is 3.50. The molecule has 1 aromatic carbocycles. The molecular formula is C22H26N4O5. The predicted octanol–water partition coefficient (Wildman–Crippen LogP) is 2.03. The van der Waals surface area contributed by atoms with Gasteiger partial charge in [0.15, 0.2) is 0 Å². The van der Waals surface area contributed by atoms with E-state index < -0.39 is 5.41 Å². The highest BCUT2D eigenvalue weighted by molar-refractivity contribution is 6.11. The Labute approximate surface area is 180 Å². The van der Waals surface area contributed by atoms with Gasteiger partial charge in [-0.1, -0.05) is 35.3 Å². The third-order valence-corrected chi connectivity index (χ3v) is 6.34. The van der Waals surface area contributed by atoms with Crippen LogP contribution in [0.4, 0.5) is 0 Å². The fourth-order valence-electron chi connectivity index (χ4n) is 4.60.